The Morgan fingerprint density at radius 3 is 2.22 bits per heavy atom. The Balaban J connectivity index is 1.83. The Labute approximate surface area is 159 Å². The molecule has 1 aromatic heterocycles. The van der Waals surface area contributed by atoms with Crippen molar-refractivity contribution in [1.29, 1.82) is 0 Å². The lowest BCUT2D eigenvalue weighted by Crippen LogP contribution is -2.24. The highest BCUT2D eigenvalue weighted by Gasteiger charge is 2.22. The number of pyridine rings is 1. The van der Waals surface area contributed by atoms with Gasteiger partial charge in [0.2, 0.25) is 5.91 Å². The van der Waals surface area contributed by atoms with E-state index in [4.69, 9.17) is 0 Å². The van der Waals surface area contributed by atoms with E-state index < -0.39 is 5.92 Å². The zero-order chi connectivity index (χ0) is 19.1. The van der Waals surface area contributed by atoms with E-state index in [1.807, 2.05) is 78.6 Å². The Kier molecular flexibility index (Phi) is 6.18. The summed E-state index contributed by atoms with van der Waals surface area (Å²) in [6, 6.07) is 20.9. The van der Waals surface area contributed by atoms with Gasteiger partial charge in [0.25, 0.3) is 0 Å². The average Bonchev–Trinajstić information content (AvgIpc) is 2.72. The third kappa shape index (κ3) is 4.51. The van der Waals surface area contributed by atoms with Crippen LogP contribution < -0.4 is 10.2 Å². The molecule has 1 amide bonds. The van der Waals surface area contributed by atoms with E-state index in [-0.39, 0.29) is 12.6 Å². The molecule has 0 fully saturated rings. The number of rotatable bonds is 7. The minimum absolute atomic E-state index is 0.0413. The van der Waals surface area contributed by atoms with E-state index in [0.717, 1.165) is 16.8 Å². The zero-order valence-corrected chi connectivity index (χ0v) is 15.2. The van der Waals surface area contributed by atoms with Gasteiger partial charge in [0, 0.05) is 30.3 Å². The number of aliphatic hydroxyl groups is 1. The number of nitrogens with zero attached hydrogens (tertiary/aromatic N) is 2. The maximum Gasteiger partial charge on any atom is 0.236 e. The largest absolute Gasteiger partial charge is 0.376 e. The van der Waals surface area contributed by atoms with Crippen LogP contribution in [0, 0.1) is 0 Å². The summed E-state index contributed by atoms with van der Waals surface area (Å²) in [5.74, 6) is -0.520. The minimum Gasteiger partial charge on any atom is -0.376 e. The summed E-state index contributed by atoms with van der Waals surface area (Å²) in [5.41, 5.74) is 3.44. The van der Waals surface area contributed by atoms with Crippen molar-refractivity contribution in [2.45, 2.75) is 12.8 Å². The lowest BCUT2D eigenvalue weighted by atomic mass is 9.91. The Morgan fingerprint density at radius 2 is 1.63 bits per heavy atom. The normalized spacial score (nSPS) is 11.6. The first-order chi connectivity index (χ1) is 13.2. The fourth-order valence-electron chi connectivity index (χ4n) is 3.03. The average molecular weight is 361 g/mol. The highest BCUT2D eigenvalue weighted by Crippen LogP contribution is 2.26. The molecule has 0 saturated heterocycles. The van der Waals surface area contributed by atoms with E-state index >= 15 is 0 Å². The predicted molar refractivity (Wildman–Crippen MR) is 108 cm³/mol. The second-order valence-corrected chi connectivity index (χ2v) is 6.16. The molecule has 138 valence electrons. The summed E-state index contributed by atoms with van der Waals surface area (Å²) in [4.78, 5) is 18.9. The van der Waals surface area contributed by atoms with Gasteiger partial charge in [0.05, 0.1) is 5.92 Å². The molecule has 5 heteroatoms. The minimum atomic E-state index is -0.418. The van der Waals surface area contributed by atoms with Crippen LogP contribution in [0.2, 0.25) is 0 Å². The number of benzene rings is 2. The van der Waals surface area contributed by atoms with Crippen LogP contribution in [0.3, 0.4) is 0 Å². The first kappa shape index (κ1) is 18.6. The molecule has 0 saturated carbocycles. The molecule has 0 aliphatic heterocycles. The molecule has 0 bridgehead atoms. The van der Waals surface area contributed by atoms with Crippen LogP contribution in [0.15, 0.2) is 79.1 Å². The Hall–Kier alpha value is -3.18. The molecule has 2 N–H and O–H groups in total. The van der Waals surface area contributed by atoms with Crippen molar-refractivity contribution in [3.8, 4) is 0 Å². The van der Waals surface area contributed by atoms with Crippen molar-refractivity contribution in [3.63, 3.8) is 0 Å². The molecule has 0 spiro atoms. The van der Waals surface area contributed by atoms with Crippen molar-refractivity contribution in [1.82, 2.24) is 4.98 Å². The number of anilines is 2. The molecule has 1 unspecified atom stereocenters. The quantitative estimate of drug-likeness (QED) is 0.631. The van der Waals surface area contributed by atoms with Crippen LogP contribution in [0.5, 0.6) is 0 Å². The molecule has 1 atom stereocenters. The summed E-state index contributed by atoms with van der Waals surface area (Å²) >= 11 is 0. The van der Waals surface area contributed by atoms with Crippen LogP contribution in [-0.2, 0) is 4.79 Å². The van der Waals surface area contributed by atoms with Crippen LogP contribution in [0.1, 0.15) is 24.0 Å². The maximum absolute atomic E-state index is 13.1. The summed E-state index contributed by atoms with van der Waals surface area (Å²) in [5, 5.41) is 12.4. The lowest BCUT2D eigenvalue weighted by Gasteiger charge is -2.21. The second kappa shape index (κ2) is 8.96. The molecule has 2 aromatic carbocycles. The third-order valence-electron chi connectivity index (χ3n) is 4.49. The molecule has 5 nitrogen and oxygen atoms in total. The molecular formula is C22H23N3O2. The van der Waals surface area contributed by atoms with Crippen molar-refractivity contribution in [3.05, 3.63) is 90.3 Å². The Morgan fingerprint density at radius 1 is 1.00 bits per heavy atom. The van der Waals surface area contributed by atoms with E-state index in [9.17, 15) is 9.90 Å². The summed E-state index contributed by atoms with van der Waals surface area (Å²) in [6.45, 7) is 2.64. The number of carbonyl (C=O) groups excluding carboxylic acids is 1. The molecular weight excluding hydrogens is 338 g/mol. The number of aromatic nitrogens is 1. The molecule has 0 aliphatic carbocycles. The number of carbonyl (C=O) groups is 1. The first-order valence-corrected chi connectivity index (χ1v) is 8.94. The van der Waals surface area contributed by atoms with Crippen LogP contribution >= 0.6 is 0 Å². The summed E-state index contributed by atoms with van der Waals surface area (Å²) in [6.07, 6.45) is 3.39. The smallest absolute Gasteiger partial charge is 0.236 e. The highest BCUT2D eigenvalue weighted by atomic mass is 16.3. The van der Waals surface area contributed by atoms with E-state index in [1.54, 1.807) is 12.4 Å². The standard InChI is InChI=1S/C22H23N3O2/c1-2-25(16-26)20-10-8-19(9-11-20)24-22(27)21(17-6-4-3-5-7-17)18-12-14-23-15-13-18/h3-15,21,26H,2,16H2,1H3,(H,24,27). The van der Waals surface area contributed by atoms with Gasteiger partial charge in [-0.05, 0) is 54.4 Å². The van der Waals surface area contributed by atoms with Crippen LogP contribution in [0.4, 0.5) is 11.4 Å². The zero-order valence-electron chi connectivity index (χ0n) is 15.2. The third-order valence-corrected chi connectivity index (χ3v) is 4.49. The van der Waals surface area contributed by atoms with Gasteiger partial charge in [0.15, 0.2) is 0 Å². The van der Waals surface area contributed by atoms with Gasteiger partial charge in [-0.2, -0.15) is 0 Å². The van der Waals surface area contributed by atoms with Gasteiger partial charge in [-0.1, -0.05) is 30.3 Å². The van der Waals surface area contributed by atoms with Gasteiger partial charge in [-0.15, -0.1) is 0 Å². The van der Waals surface area contributed by atoms with E-state index in [2.05, 4.69) is 10.3 Å². The number of hydrogen-bond acceptors (Lipinski definition) is 4. The van der Waals surface area contributed by atoms with E-state index in [0.29, 0.717) is 12.2 Å². The molecule has 0 radical (unpaired) electrons. The molecule has 3 aromatic rings. The maximum atomic E-state index is 13.1. The van der Waals surface area contributed by atoms with Crippen molar-refractivity contribution in [2.75, 3.05) is 23.5 Å². The van der Waals surface area contributed by atoms with Crippen LogP contribution in [-0.4, -0.2) is 29.3 Å². The van der Waals surface area contributed by atoms with Gasteiger partial charge >= 0.3 is 0 Å². The van der Waals surface area contributed by atoms with E-state index in [1.165, 1.54) is 0 Å². The Bertz CT molecular complexity index is 808. The first-order valence-electron chi connectivity index (χ1n) is 8.94. The van der Waals surface area contributed by atoms with Crippen LogP contribution in [0.25, 0.3) is 0 Å². The fourth-order valence-corrected chi connectivity index (χ4v) is 3.03. The van der Waals surface area contributed by atoms with Gasteiger partial charge in [0.1, 0.15) is 6.73 Å². The summed E-state index contributed by atoms with van der Waals surface area (Å²) < 4.78 is 0. The van der Waals surface area contributed by atoms with Gasteiger partial charge in [-0.25, -0.2) is 0 Å². The lowest BCUT2D eigenvalue weighted by molar-refractivity contribution is -0.116. The number of hydrogen-bond donors (Lipinski definition) is 2. The highest BCUT2D eigenvalue weighted by molar-refractivity contribution is 5.98. The molecule has 0 aliphatic rings. The number of nitrogens with one attached hydrogen (secondary N) is 1. The monoisotopic (exact) mass is 361 g/mol. The second-order valence-electron chi connectivity index (χ2n) is 6.16. The van der Waals surface area contributed by atoms with Crippen molar-refractivity contribution < 1.29 is 9.90 Å². The van der Waals surface area contributed by atoms with Crippen molar-refractivity contribution in [2.24, 2.45) is 0 Å². The van der Waals surface area contributed by atoms with Gasteiger partial charge < -0.3 is 15.3 Å². The predicted octanol–water partition coefficient (Wildman–Crippen LogP) is 3.63. The number of aliphatic hydroxyl groups excluding tert-OH is 1. The number of amides is 1. The molecule has 3 rings (SSSR count). The fraction of sp³-hybridized carbons (Fsp3) is 0.182. The SMILES string of the molecule is CCN(CO)c1ccc(NC(=O)C(c2ccccc2)c2ccncc2)cc1. The summed E-state index contributed by atoms with van der Waals surface area (Å²) in [7, 11) is 0. The molecule has 1 heterocycles. The topological polar surface area (TPSA) is 65.5 Å². The van der Waals surface area contributed by atoms with Crippen molar-refractivity contribution >= 4 is 17.3 Å². The molecule has 27 heavy (non-hydrogen) atoms. The van der Waals surface area contributed by atoms with Gasteiger partial charge in [-0.3, -0.25) is 9.78 Å².